The molecule has 1 aromatic rings. The second-order valence-corrected chi connectivity index (χ2v) is 2.33. The minimum absolute atomic E-state index is 0.154. The molecule has 0 saturated carbocycles. The monoisotopic (exact) mass is 153 g/mol. The van der Waals surface area contributed by atoms with E-state index >= 15 is 0 Å². The lowest BCUT2D eigenvalue weighted by Crippen LogP contribution is -1.83. The minimum Gasteiger partial charge on any atom is -0.504 e. The highest BCUT2D eigenvalue weighted by molar-refractivity contribution is 5.44. The molecule has 0 amide bonds. The Labute approximate surface area is 67.5 Å². The molecule has 2 N–H and O–H groups in total. The van der Waals surface area contributed by atoms with Crippen LogP contribution in [0.3, 0.4) is 0 Å². The van der Waals surface area contributed by atoms with Crippen LogP contribution >= 0.6 is 0 Å². The van der Waals surface area contributed by atoms with Crippen LogP contribution in [0.2, 0.25) is 0 Å². The first-order chi connectivity index (χ1) is 5.66. The number of para-hydroxylation sites is 1. The number of hydrogen-bond donors (Lipinski definition) is 2. The fourth-order valence-corrected chi connectivity index (χ4v) is 0.933. The molecule has 0 aliphatic rings. The topological polar surface area (TPSA) is 40.5 Å². The Morgan fingerprint density at radius 1 is 1.45 bits per heavy atom. The molecule has 0 saturated heterocycles. The maximum absolute atomic E-state index is 9.33. The van der Waals surface area contributed by atoms with Crippen LogP contribution in [0.1, 0.15) is 20.3 Å². The van der Waals surface area contributed by atoms with Crippen molar-refractivity contribution >= 4 is 0 Å². The highest BCUT2D eigenvalue weighted by atomic mass is 16.3. The van der Waals surface area contributed by atoms with E-state index < -0.39 is 6.40 Å². The molecule has 2 nitrogen and oxygen atoms in total. The first kappa shape index (κ1) is 6.53. The lowest BCUT2D eigenvalue weighted by molar-refractivity contribution is 0.399. The molecule has 0 aliphatic carbocycles. The van der Waals surface area contributed by atoms with Crippen molar-refractivity contribution < 1.29 is 11.6 Å². The van der Waals surface area contributed by atoms with Crippen molar-refractivity contribution in [1.29, 1.82) is 0 Å². The zero-order valence-electron chi connectivity index (χ0n) is 7.41. The van der Waals surface area contributed by atoms with Crippen LogP contribution in [0, 0.1) is 0 Å². The van der Waals surface area contributed by atoms with Gasteiger partial charge in [-0.15, -0.1) is 0 Å². The smallest absolute Gasteiger partial charge is 0.160 e. The molecule has 0 spiro atoms. The Kier molecular flexibility index (Phi) is 1.95. The normalized spacial score (nSPS) is 14.1. The lowest BCUT2D eigenvalue weighted by atomic mass is 10.1. The van der Waals surface area contributed by atoms with Crippen LogP contribution in [-0.4, -0.2) is 10.2 Å². The molecule has 0 aliphatic heterocycles. The van der Waals surface area contributed by atoms with E-state index in [-0.39, 0.29) is 11.5 Å². The van der Waals surface area contributed by atoms with Crippen LogP contribution < -0.4 is 0 Å². The summed E-state index contributed by atoms with van der Waals surface area (Å²) in [5.74, 6) is -0.322. The van der Waals surface area contributed by atoms with Crippen LogP contribution in [-0.2, 0) is 6.40 Å². The second kappa shape index (κ2) is 3.28. The number of aryl methyl sites for hydroxylation is 1. The van der Waals surface area contributed by atoms with Crippen molar-refractivity contribution in [3.05, 3.63) is 23.8 Å². The highest BCUT2D eigenvalue weighted by Gasteiger charge is 2.02. The van der Waals surface area contributed by atoms with Crippen molar-refractivity contribution in [2.75, 3.05) is 0 Å². The van der Waals surface area contributed by atoms with E-state index in [1.807, 2.05) is 6.92 Å². The van der Waals surface area contributed by atoms with E-state index in [0.29, 0.717) is 12.0 Å². The summed E-state index contributed by atoms with van der Waals surface area (Å²) in [5.41, 5.74) is 0.484. The molecule has 1 unspecified atom stereocenters. The van der Waals surface area contributed by atoms with Gasteiger partial charge in [0.2, 0.25) is 0 Å². The van der Waals surface area contributed by atoms with E-state index in [1.165, 1.54) is 6.07 Å². The Bertz CT molecular complexity index is 273. The molecule has 0 aromatic heterocycles. The van der Waals surface area contributed by atoms with Gasteiger partial charge in [0.15, 0.2) is 11.5 Å². The predicted molar refractivity (Wildman–Crippen MR) is 43.8 cm³/mol. The summed E-state index contributed by atoms with van der Waals surface area (Å²) in [6, 6.07) is 4.68. The maximum atomic E-state index is 9.33. The molecule has 2 heteroatoms. The lowest BCUT2D eigenvalue weighted by Gasteiger charge is -2.03. The Balaban J connectivity index is 3.07. The van der Waals surface area contributed by atoms with Gasteiger partial charge >= 0.3 is 0 Å². The van der Waals surface area contributed by atoms with Gasteiger partial charge in [0, 0.05) is 1.37 Å². The van der Waals surface area contributed by atoms with Crippen LogP contribution in [0.5, 0.6) is 11.5 Å². The van der Waals surface area contributed by atoms with Crippen LogP contribution in [0.4, 0.5) is 0 Å². The number of benzene rings is 1. The van der Waals surface area contributed by atoms with Gasteiger partial charge in [-0.1, -0.05) is 25.5 Å². The first-order valence-electron chi connectivity index (χ1n) is 4.17. The molecule has 60 valence electrons. The minimum atomic E-state index is -0.461. The fraction of sp³-hybridized carbons (Fsp3) is 0.333. The number of phenolic OH excluding ortho intramolecular Hbond substituents is 2. The average Bonchev–Trinajstić information content (AvgIpc) is 2.08. The van der Waals surface area contributed by atoms with Gasteiger partial charge in [-0.25, -0.2) is 0 Å². The molecule has 1 rings (SSSR count). The Morgan fingerprint density at radius 2 is 2.18 bits per heavy atom. The fourth-order valence-electron chi connectivity index (χ4n) is 0.933. The van der Waals surface area contributed by atoms with E-state index in [2.05, 4.69) is 0 Å². The summed E-state index contributed by atoms with van der Waals surface area (Å²) in [7, 11) is 0. The maximum Gasteiger partial charge on any atom is 0.160 e. The number of rotatable bonds is 2. The van der Waals surface area contributed by atoms with Gasteiger partial charge in [-0.05, 0) is 18.0 Å². The largest absolute Gasteiger partial charge is 0.504 e. The standard InChI is InChI=1S/C9H12O2/c1-2-4-7-5-3-6-8(10)9(7)11/h3,5-6,10-11H,2,4H2,1H3/i4D. The molecule has 0 heterocycles. The van der Waals surface area contributed by atoms with Crippen molar-refractivity contribution in [3.8, 4) is 11.5 Å². The van der Waals surface area contributed by atoms with E-state index in [0.717, 1.165) is 0 Å². The molecular formula is C9H12O2. The van der Waals surface area contributed by atoms with Crippen LogP contribution in [0.15, 0.2) is 18.2 Å². The summed E-state index contributed by atoms with van der Waals surface area (Å²) in [4.78, 5) is 0. The molecular weight excluding hydrogens is 140 g/mol. The third kappa shape index (κ3) is 1.64. The summed E-state index contributed by atoms with van der Waals surface area (Å²) in [5, 5.41) is 18.4. The van der Waals surface area contributed by atoms with Crippen molar-refractivity contribution in [3.63, 3.8) is 0 Å². The summed E-state index contributed by atoms with van der Waals surface area (Å²) < 4.78 is 7.53. The third-order valence-corrected chi connectivity index (χ3v) is 1.47. The van der Waals surface area contributed by atoms with E-state index in [4.69, 9.17) is 6.48 Å². The Morgan fingerprint density at radius 3 is 2.82 bits per heavy atom. The van der Waals surface area contributed by atoms with Gasteiger partial charge in [0.1, 0.15) is 0 Å². The summed E-state index contributed by atoms with van der Waals surface area (Å²) in [6.07, 6.45) is 0.161. The molecule has 0 fully saturated rings. The van der Waals surface area contributed by atoms with Crippen LogP contribution in [0.25, 0.3) is 0 Å². The first-order valence-corrected chi connectivity index (χ1v) is 3.60. The van der Waals surface area contributed by atoms with Gasteiger partial charge in [0.25, 0.3) is 0 Å². The van der Waals surface area contributed by atoms with Crippen molar-refractivity contribution in [1.82, 2.24) is 0 Å². The number of phenols is 2. The van der Waals surface area contributed by atoms with Gasteiger partial charge in [-0.2, -0.15) is 0 Å². The molecule has 11 heavy (non-hydrogen) atoms. The molecule has 1 aromatic carbocycles. The zero-order valence-corrected chi connectivity index (χ0v) is 6.41. The average molecular weight is 153 g/mol. The molecule has 1 atom stereocenters. The molecule has 0 bridgehead atoms. The summed E-state index contributed by atoms with van der Waals surface area (Å²) in [6.45, 7) is 1.86. The van der Waals surface area contributed by atoms with Gasteiger partial charge in [0.05, 0.1) is 0 Å². The zero-order chi connectivity index (χ0) is 9.14. The van der Waals surface area contributed by atoms with Gasteiger partial charge in [-0.3, -0.25) is 0 Å². The number of aromatic hydroxyl groups is 2. The third-order valence-electron chi connectivity index (χ3n) is 1.47. The van der Waals surface area contributed by atoms with Gasteiger partial charge < -0.3 is 10.2 Å². The number of hydrogen-bond acceptors (Lipinski definition) is 2. The Hall–Kier alpha value is -1.18. The highest BCUT2D eigenvalue weighted by Crippen LogP contribution is 2.28. The predicted octanol–water partition coefficient (Wildman–Crippen LogP) is 2.05. The second-order valence-electron chi connectivity index (χ2n) is 2.33. The quantitative estimate of drug-likeness (QED) is 0.638. The van der Waals surface area contributed by atoms with Crippen molar-refractivity contribution in [2.45, 2.75) is 19.7 Å². The summed E-state index contributed by atoms with van der Waals surface area (Å²) >= 11 is 0. The van der Waals surface area contributed by atoms with E-state index in [9.17, 15) is 5.11 Å². The molecule has 0 radical (unpaired) electrons. The SMILES string of the molecule is [2H]C(CC)c1cccc(O)c1O. The van der Waals surface area contributed by atoms with E-state index in [1.54, 1.807) is 12.1 Å². The van der Waals surface area contributed by atoms with Crippen molar-refractivity contribution in [2.24, 2.45) is 0 Å².